The molecule has 0 aromatic heterocycles. The van der Waals surface area contributed by atoms with Crippen LogP contribution in [0.1, 0.15) is 25.0 Å². The Morgan fingerprint density at radius 2 is 1.95 bits per heavy atom. The van der Waals surface area contributed by atoms with Crippen molar-refractivity contribution in [3.63, 3.8) is 0 Å². The van der Waals surface area contributed by atoms with E-state index in [-0.39, 0.29) is 5.75 Å². The van der Waals surface area contributed by atoms with Gasteiger partial charge >= 0.3 is 0 Å². The first-order valence-electron chi connectivity index (χ1n) is 6.01. The zero-order valence-corrected chi connectivity index (χ0v) is 12.0. The molecule has 0 aliphatic carbocycles. The maximum atomic E-state index is 13.7. The molecule has 0 bridgehead atoms. The summed E-state index contributed by atoms with van der Waals surface area (Å²) in [4.78, 5) is 0. The number of para-hydroxylation sites is 1. The van der Waals surface area contributed by atoms with Crippen LogP contribution in [0.4, 0.5) is 4.39 Å². The van der Waals surface area contributed by atoms with Gasteiger partial charge in [0.05, 0.1) is 6.10 Å². The molecule has 1 unspecified atom stereocenters. The lowest BCUT2D eigenvalue weighted by Crippen LogP contribution is -1.99. The predicted molar refractivity (Wildman–Crippen MR) is 75.9 cm³/mol. The van der Waals surface area contributed by atoms with Crippen molar-refractivity contribution in [2.45, 2.75) is 19.4 Å². The van der Waals surface area contributed by atoms with Gasteiger partial charge < -0.3 is 9.84 Å². The standard InChI is InChI=1S/C15H14BrFO2/c1-2-13(18)11-5-3-4-6-14(11)19-15-9-10(16)7-8-12(15)17/h3-9,13,18H,2H2,1H3. The molecule has 2 aromatic carbocycles. The Kier molecular flexibility index (Phi) is 4.56. The van der Waals surface area contributed by atoms with Crippen LogP contribution in [-0.2, 0) is 0 Å². The summed E-state index contributed by atoms with van der Waals surface area (Å²) in [6, 6.07) is 11.6. The van der Waals surface area contributed by atoms with E-state index in [1.54, 1.807) is 30.3 Å². The van der Waals surface area contributed by atoms with Gasteiger partial charge in [-0.1, -0.05) is 41.1 Å². The molecule has 2 aromatic rings. The Labute approximate surface area is 120 Å². The number of benzene rings is 2. The molecule has 19 heavy (non-hydrogen) atoms. The summed E-state index contributed by atoms with van der Waals surface area (Å²) in [7, 11) is 0. The molecule has 100 valence electrons. The topological polar surface area (TPSA) is 29.5 Å². The Bertz CT molecular complexity index is 572. The molecule has 1 N–H and O–H groups in total. The minimum absolute atomic E-state index is 0.130. The second-order valence-electron chi connectivity index (χ2n) is 4.14. The largest absolute Gasteiger partial charge is 0.454 e. The molecule has 0 spiro atoms. The third kappa shape index (κ3) is 3.33. The lowest BCUT2D eigenvalue weighted by atomic mass is 10.1. The van der Waals surface area contributed by atoms with Crippen LogP contribution < -0.4 is 4.74 Å². The van der Waals surface area contributed by atoms with Gasteiger partial charge in [-0.2, -0.15) is 0 Å². The number of rotatable bonds is 4. The molecule has 0 fully saturated rings. The number of halogens is 2. The number of hydrogen-bond acceptors (Lipinski definition) is 2. The average molecular weight is 325 g/mol. The zero-order valence-electron chi connectivity index (χ0n) is 10.4. The zero-order chi connectivity index (χ0) is 13.8. The lowest BCUT2D eigenvalue weighted by Gasteiger charge is -2.15. The first-order valence-corrected chi connectivity index (χ1v) is 6.81. The summed E-state index contributed by atoms with van der Waals surface area (Å²) in [5.41, 5.74) is 0.657. The maximum Gasteiger partial charge on any atom is 0.165 e. The highest BCUT2D eigenvalue weighted by atomic mass is 79.9. The van der Waals surface area contributed by atoms with E-state index in [0.29, 0.717) is 17.7 Å². The molecule has 0 radical (unpaired) electrons. The van der Waals surface area contributed by atoms with Gasteiger partial charge in [-0.05, 0) is 30.7 Å². The van der Waals surface area contributed by atoms with Crippen LogP contribution in [0.25, 0.3) is 0 Å². The Morgan fingerprint density at radius 3 is 2.68 bits per heavy atom. The van der Waals surface area contributed by atoms with E-state index in [2.05, 4.69) is 15.9 Å². The second kappa shape index (κ2) is 6.17. The first kappa shape index (κ1) is 14.0. The van der Waals surface area contributed by atoms with Crippen molar-refractivity contribution in [3.8, 4) is 11.5 Å². The van der Waals surface area contributed by atoms with Crippen LogP contribution in [0, 0.1) is 5.82 Å². The molecular formula is C15H14BrFO2. The summed E-state index contributed by atoms with van der Waals surface area (Å²) in [5.74, 6) is 0.156. The summed E-state index contributed by atoms with van der Waals surface area (Å²) in [6.07, 6.45) is -0.0483. The van der Waals surface area contributed by atoms with Crippen molar-refractivity contribution in [1.29, 1.82) is 0 Å². The lowest BCUT2D eigenvalue weighted by molar-refractivity contribution is 0.170. The second-order valence-corrected chi connectivity index (χ2v) is 5.05. The first-order chi connectivity index (χ1) is 9.11. The van der Waals surface area contributed by atoms with Crippen molar-refractivity contribution in [2.24, 2.45) is 0 Å². The molecule has 4 heteroatoms. The molecule has 0 amide bonds. The fraction of sp³-hybridized carbons (Fsp3) is 0.200. The number of hydrogen-bond donors (Lipinski definition) is 1. The molecule has 0 saturated carbocycles. The maximum absolute atomic E-state index is 13.7. The fourth-order valence-corrected chi connectivity index (χ4v) is 2.08. The van der Waals surface area contributed by atoms with Gasteiger partial charge in [0.15, 0.2) is 11.6 Å². The van der Waals surface area contributed by atoms with Gasteiger partial charge in [-0.25, -0.2) is 4.39 Å². The van der Waals surface area contributed by atoms with Crippen LogP contribution in [-0.4, -0.2) is 5.11 Å². The van der Waals surface area contributed by atoms with Crippen LogP contribution in [0.5, 0.6) is 11.5 Å². The van der Waals surface area contributed by atoms with Gasteiger partial charge in [0, 0.05) is 10.0 Å². The van der Waals surface area contributed by atoms with Crippen LogP contribution in [0.2, 0.25) is 0 Å². The van der Waals surface area contributed by atoms with Gasteiger partial charge in [-0.3, -0.25) is 0 Å². The van der Waals surface area contributed by atoms with Gasteiger partial charge in [0.25, 0.3) is 0 Å². The normalized spacial score (nSPS) is 12.2. The highest BCUT2D eigenvalue weighted by molar-refractivity contribution is 9.10. The predicted octanol–water partition coefficient (Wildman–Crippen LogP) is 4.82. The quantitative estimate of drug-likeness (QED) is 0.873. The summed E-state index contributed by atoms with van der Waals surface area (Å²) < 4.78 is 20.0. The highest BCUT2D eigenvalue weighted by Crippen LogP contribution is 2.33. The van der Waals surface area contributed by atoms with Crippen LogP contribution in [0.15, 0.2) is 46.9 Å². The third-order valence-electron chi connectivity index (χ3n) is 2.78. The molecule has 0 heterocycles. The molecule has 0 saturated heterocycles. The summed E-state index contributed by atoms with van der Waals surface area (Å²) in [5, 5.41) is 9.93. The Morgan fingerprint density at radius 1 is 1.21 bits per heavy atom. The van der Waals surface area contributed by atoms with Crippen molar-refractivity contribution in [3.05, 3.63) is 58.3 Å². The monoisotopic (exact) mass is 324 g/mol. The van der Waals surface area contributed by atoms with E-state index < -0.39 is 11.9 Å². The number of aliphatic hydroxyl groups is 1. The van der Waals surface area contributed by atoms with Crippen molar-refractivity contribution >= 4 is 15.9 Å². The Hall–Kier alpha value is -1.39. The highest BCUT2D eigenvalue weighted by Gasteiger charge is 2.13. The van der Waals surface area contributed by atoms with Crippen molar-refractivity contribution < 1.29 is 14.2 Å². The fourth-order valence-electron chi connectivity index (χ4n) is 1.74. The van der Waals surface area contributed by atoms with Gasteiger partial charge in [0.2, 0.25) is 0 Å². The minimum atomic E-state index is -0.619. The van der Waals surface area contributed by atoms with E-state index >= 15 is 0 Å². The number of ether oxygens (including phenoxy) is 1. The SMILES string of the molecule is CCC(O)c1ccccc1Oc1cc(Br)ccc1F. The average Bonchev–Trinajstić information content (AvgIpc) is 2.42. The van der Waals surface area contributed by atoms with Gasteiger partial charge in [0.1, 0.15) is 5.75 Å². The van der Waals surface area contributed by atoms with E-state index in [1.165, 1.54) is 6.07 Å². The molecular weight excluding hydrogens is 311 g/mol. The van der Waals surface area contributed by atoms with Crippen molar-refractivity contribution in [1.82, 2.24) is 0 Å². The van der Waals surface area contributed by atoms with E-state index in [0.717, 1.165) is 4.47 Å². The summed E-state index contributed by atoms with van der Waals surface area (Å²) in [6.45, 7) is 1.88. The van der Waals surface area contributed by atoms with Crippen LogP contribution >= 0.6 is 15.9 Å². The minimum Gasteiger partial charge on any atom is -0.454 e. The summed E-state index contributed by atoms with van der Waals surface area (Å²) >= 11 is 3.27. The number of aliphatic hydroxyl groups excluding tert-OH is 1. The smallest absolute Gasteiger partial charge is 0.165 e. The van der Waals surface area contributed by atoms with E-state index in [4.69, 9.17) is 4.74 Å². The van der Waals surface area contributed by atoms with E-state index in [1.807, 2.05) is 13.0 Å². The molecule has 2 nitrogen and oxygen atoms in total. The molecule has 2 rings (SSSR count). The third-order valence-corrected chi connectivity index (χ3v) is 3.27. The molecule has 1 atom stereocenters. The van der Waals surface area contributed by atoms with Crippen LogP contribution in [0.3, 0.4) is 0 Å². The molecule has 0 aliphatic rings. The van der Waals surface area contributed by atoms with E-state index in [9.17, 15) is 9.50 Å². The van der Waals surface area contributed by atoms with Crippen molar-refractivity contribution in [2.75, 3.05) is 0 Å². The Balaban J connectivity index is 2.35. The molecule has 0 aliphatic heterocycles. The van der Waals surface area contributed by atoms with Gasteiger partial charge in [-0.15, -0.1) is 0 Å².